The highest BCUT2D eigenvalue weighted by molar-refractivity contribution is 7.09. The van der Waals surface area contributed by atoms with Gasteiger partial charge < -0.3 is 9.47 Å². The number of thiophene rings is 1. The molecule has 1 aromatic carbocycles. The first-order chi connectivity index (χ1) is 12.2. The van der Waals surface area contributed by atoms with E-state index in [1.165, 1.54) is 0 Å². The maximum Gasteiger partial charge on any atom is 0.318 e. The highest BCUT2D eigenvalue weighted by Crippen LogP contribution is 2.19. The molecule has 0 fully saturated rings. The minimum absolute atomic E-state index is 0.0364. The van der Waals surface area contributed by atoms with E-state index in [2.05, 4.69) is 20.2 Å². The van der Waals surface area contributed by atoms with E-state index in [1.54, 1.807) is 18.4 Å². The van der Waals surface area contributed by atoms with Crippen LogP contribution in [0, 0.1) is 5.82 Å². The predicted molar refractivity (Wildman–Crippen MR) is 91.9 cm³/mol. The van der Waals surface area contributed by atoms with Crippen molar-refractivity contribution >= 4 is 17.2 Å². The van der Waals surface area contributed by atoms with Crippen molar-refractivity contribution in [3.8, 4) is 11.8 Å². The Morgan fingerprint density at radius 3 is 2.96 bits per heavy atom. The van der Waals surface area contributed by atoms with Crippen molar-refractivity contribution in [1.29, 1.82) is 0 Å². The Morgan fingerprint density at radius 2 is 2.16 bits per heavy atom. The molecule has 0 aliphatic heterocycles. The summed E-state index contributed by atoms with van der Waals surface area (Å²) in [5, 5.41) is 9.73. The van der Waals surface area contributed by atoms with Crippen molar-refractivity contribution in [2.24, 2.45) is 10.2 Å². The van der Waals surface area contributed by atoms with E-state index < -0.39 is 5.82 Å². The van der Waals surface area contributed by atoms with Crippen LogP contribution in [0.2, 0.25) is 0 Å². The summed E-state index contributed by atoms with van der Waals surface area (Å²) in [5.41, 5.74) is 0.883. The fourth-order valence-corrected chi connectivity index (χ4v) is 2.59. The van der Waals surface area contributed by atoms with Gasteiger partial charge in [0.15, 0.2) is 5.82 Å². The van der Waals surface area contributed by atoms with Crippen molar-refractivity contribution in [2.45, 2.75) is 13.2 Å². The first kappa shape index (κ1) is 17.0. The summed E-state index contributed by atoms with van der Waals surface area (Å²) in [6.45, 7) is 0.607. The van der Waals surface area contributed by atoms with E-state index >= 15 is 0 Å². The van der Waals surface area contributed by atoms with Crippen LogP contribution in [0.1, 0.15) is 10.4 Å². The monoisotopic (exact) mass is 358 g/mol. The van der Waals surface area contributed by atoms with Gasteiger partial charge in [-0.2, -0.15) is 10.1 Å². The summed E-state index contributed by atoms with van der Waals surface area (Å²) in [7, 11) is 1.59. The summed E-state index contributed by atoms with van der Waals surface area (Å²) in [4.78, 5) is 8.80. The Bertz CT molecular complexity index is 856. The number of hydrogen-bond donors (Lipinski definition) is 0. The van der Waals surface area contributed by atoms with Gasteiger partial charge in [0.2, 0.25) is 5.82 Å². The number of rotatable bonds is 7. The average molecular weight is 358 g/mol. The molecule has 0 radical (unpaired) electrons. The van der Waals surface area contributed by atoms with Crippen LogP contribution in [0.25, 0.3) is 0 Å². The van der Waals surface area contributed by atoms with Gasteiger partial charge in [-0.05, 0) is 29.1 Å². The van der Waals surface area contributed by atoms with Crippen LogP contribution < -0.4 is 9.47 Å². The van der Waals surface area contributed by atoms with Crippen LogP contribution in [-0.2, 0) is 13.2 Å². The van der Waals surface area contributed by atoms with Gasteiger partial charge in [0, 0.05) is 4.88 Å². The second kappa shape index (κ2) is 8.29. The van der Waals surface area contributed by atoms with Gasteiger partial charge in [0.05, 0.1) is 19.9 Å². The molecule has 128 valence electrons. The summed E-state index contributed by atoms with van der Waals surface area (Å²) in [6, 6.07) is 11.3. The molecule has 0 saturated carbocycles. The van der Waals surface area contributed by atoms with Crippen LogP contribution in [0.15, 0.2) is 58.2 Å². The van der Waals surface area contributed by atoms with Crippen molar-refractivity contribution in [2.75, 3.05) is 7.11 Å². The molecule has 0 N–H and O–H groups in total. The highest BCUT2D eigenvalue weighted by atomic mass is 32.1. The molecule has 0 unspecified atom stereocenters. The van der Waals surface area contributed by atoms with Crippen molar-refractivity contribution < 1.29 is 13.9 Å². The number of aromatic nitrogens is 2. The molecule has 2 aromatic heterocycles. The van der Waals surface area contributed by atoms with E-state index in [4.69, 9.17) is 9.47 Å². The zero-order valence-corrected chi connectivity index (χ0v) is 14.2. The van der Waals surface area contributed by atoms with E-state index in [0.717, 1.165) is 22.4 Å². The zero-order chi connectivity index (χ0) is 17.5. The van der Waals surface area contributed by atoms with Gasteiger partial charge in [-0.25, -0.2) is 9.37 Å². The molecule has 0 bridgehead atoms. The summed E-state index contributed by atoms with van der Waals surface area (Å²) in [5.74, 6) is -0.0694. The SMILES string of the molecule is COc1cccc(COc2ncc(F)c(N=NCc3cccs3)n2)c1. The Hall–Kier alpha value is -2.87. The molecule has 2 heterocycles. The number of methoxy groups -OCH3 is 1. The molecule has 8 heteroatoms. The molecule has 0 atom stereocenters. The van der Waals surface area contributed by atoms with E-state index in [0.29, 0.717) is 6.54 Å². The van der Waals surface area contributed by atoms with Crippen LogP contribution >= 0.6 is 11.3 Å². The number of azo groups is 1. The lowest BCUT2D eigenvalue weighted by atomic mass is 10.2. The molecule has 0 aliphatic rings. The van der Waals surface area contributed by atoms with E-state index in [-0.39, 0.29) is 18.4 Å². The van der Waals surface area contributed by atoms with Gasteiger partial charge in [-0.3, -0.25) is 0 Å². The topological polar surface area (TPSA) is 69.0 Å². The Balaban J connectivity index is 1.65. The number of halogens is 1. The van der Waals surface area contributed by atoms with E-state index in [1.807, 2.05) is 41.8 Å². The average Bonchev–Trinajstić information content (AvgIpc) is 3.16. The van der Waals surface area contributed by atoms with Crippen LogP contribution in [0.4, 0.5) is 10.2 Å². The third-order valence-electron chi connectivity index (χ3n) is 3.18. The quantitative estimate of drug-likeness (QED) is 0.581. The maximum atomic E-state index is 13.7. The van der Waals surface area contributed by atoms with Gasteiger partial charge in [-0.1, -0.05) is 18.2 Å². The molecule has 0 amide bonds. The lowest BCUT2D eigenvalue weighted by molar-refractivity contribution is 0.279. The second-order valence-electron chi connectivity index (χ2n) is 4.94. The lowest BCUT2D eigenvalue weighted by Gasteiger charge is -2.06. The van der Waals surface area contributed by atoms with Gasteiger partial charge in [-0.15, -0.1) is 16.5 Å². The van der Waals surface area contributed by atoms with Gasteiger partial charge in [0.25, 0.3) is 0 Å². The summed E-state index contributed by atoms with van der Waals surface area (Å²) >= 11 is 1.56. The number of hydrogen-bond acceptors (Lipinski definition) is 7. The van der Waals surface area contributed by atoms with Crippen LogP contribution in [0.3, 0.4) is 0 Å². The van der Waals surface area contributed by atoms with Crippen molar-refractivity contribution in [3.63, 3.8) is 0 Å². The van der Waals surface area contributed by atoms with Crippen molar-refractivity contribution in [1.82, 2.24) is 9.97 Å². The minimum Gasteiger partial charge on any atom is -0.497 e. The summed E-state index contributed by atoms with van der Waals surface area (Å²) in [6.07, 6.45) is 1.02. The largest absolute Gasteiger partial charge is 0.497 e. The molecular weight excluding hydrogens is 343 g/mol. The van der Waals surface area contributed by atoms with Crippen LogP contribution in [-0.4, -0.2) is 17.1 Å². The fourth-order valence-electron chi connectivity index (χ4n) is 1.97. The first-order valence-electron chi connectivity index (χ1n) is 7.43. The molecule has 3 rings (SSSR count). The highest BCUT2D eigenvalue weighted by Gasteiger charge is 2.08. The van der Waals surface area contributed by atoms with Gasteiger partial charge in [0.1, 0.15) is 12.4 Å². The zero-order valence-electron chi connectivity index (χ0n) is 13.4. The summed E-state index contributed by atoms with van der Waals surface area (Å²) < 4.78 is 24.4. The first-order valence-corrected chi connectivity index (χ1v) is 8.30. The minimum atomic E-state index is -0.649. The smallest absolute Gasteiger partial charge is 0.318 e. The Kier molecular flexibility index (Phi) is 5.63. The van der Waals surface area contributed by atoms with Gasteiger partial charge >= 0.3 is 6.01 Å². The molecular formula is C17H15FN4O2S. The van der Waals surface area contributed by atoms with Crippen molar-refractivity contribution in [3.05, 3.63) is 64.2 Å². The predicted octanol–water partition coefficient (Wildman–Crippen LogP) is 4.55. The van der Waals surface area contributed by atoms with E-state index in [9.17, 15) is 4.39 Å². The Labute approximate surface area is 148 Å². The van der Waals surface area contributed by atoms with Crippen LogP contribution in [0.5, 0.6) is 11.8 Å². The molecule has 6 nitrogen and oxygen atoms in total. The second-order valence-corrected chi connectivity index (χ2v) is 5.98. The molecule has 0 spiro atoms. The molecule has 0 aliphatic carbocycles. The Morgan fingerprint density at radius 1 is 1.24 bits per heavy atom. The molecule has 3 aromatic rings. The normalized spacial score (nSPS) is 11.0. The third kappa shape index (κ3) is 4.80. The standard InChI is InChI=1S/C17H15FN4O2S/c1-23-13-5-2-4-12(8-13)11-24-17-19-10-15(18)16(21-17)22-20-9-14-6-3-7-25-14/h2-8,10H,9,11H2,1H3. The third-order valence-corrected chi connectivity index (χ3v) is 4.04. The number of ether oxygens (including phenoxy) is 2. The number of nitrogens with zero attached hydrogens (tertiary/aromatic N) is 4. The lowest BCUT2D eigenvalue weighted by Crippen LogP contribution is -2.00. The maximum absolute atomic E-state index is 13.7. The molecule has 0 saturated heterocycles. The fraction of sp³-hybridized carbons (Fsp3) is 0.176. The number of benzene rings is 1. The molecule has 25 heavy (non-hydrogen) atoms.